The van der Waals surface area contributed by atoms with Gasteiger partial charge in [-0.05, 0) is 23.8 Å². The van der Waals surface area contributed by atoms with Gasteiger partial charge in [-0.1, -0.05) is 24.3 Å². The van der Waals surface area contributed by atoms with Gasteiger partial charge in [-0.3, -0.25) is 5.10 Å². The SMILES string of the molecule is c1cc2c(c(Nc3n[nH]c4ccccc34)c1)OCC2. The Balaban J connectivity index is 1.78. The normalized spacial score (nSPS) is 13.3. The van der Waals surface area contributed by atoms with Gasteiger partial charge in [0.2, 0.25) is 0 Å². The third-order valence-electron chi connectivity index (χ3n) is 3.44. The Morgan fingerprint density at radius 1 is 1.11 bits per heavy atom. The maximum atomic E-state index is 5.69. The topological polar surface area (TPSA) is 49.9 Å². The first-order chi connectivity index (χ1) is 9.42. The molecular formula is C15H13N3O. The number of aromatic amines is 1. The van der Waals surface area contributed by atoms with Crippen LogP contribution in [0.4, 0.5) is 11.5 Å². The number of para-hydroxylation sites is 2. The van der Waals surface area contributed by atoms with Gasteiger partial charge >= 0.3 is 0 Å². The third-order valence-corrected chi connectivity index (χ3v) is 3.44. The summed E-state index contributed by atoms with van der Waals surface area (Å²) in [6.07, 6.45) is 0.978. The molecule has 19 heavy (non-hydrogen) atoms. The molecule has 4 nitrogen and oxygen atoms in total. The lowest BCUT2D eigenvalue weighted by molar-refractivity contribution is 0.358. The highest BCUT2D eigenvalue weighted by atomic mass is 16.5. The molecule has 3 aromatic rings. The summed E-state index contributed by atoms with van der Waals surface area (Å²) < 4.78 is 5.69. The first-order valence-corrected chi connectivity index (χ1v) is 6.36. The maximum absolute atomic E-state index is 5.69. The number of rotatable bonds is 2. The molecule has 0 saturated carbocycles. The highest BCUT2D eigenvalue weighted by Gasteiger charge is 2.17. The molecule has 2 aromatic carbocycles. The molecule has 1 aliphatic heterocycles. The summed E-state index contributed by atoms with van der Waals surface area (Å²) in [5.74, 6) is 1.79. The summed E-state index contributed by atoms with van der Waals surface area (Å²) in [4.78, 5) is 0. The number of H-pyrrole nitrogens is 1. The Bertz CT molecular complexity index is 748. The van der Waals surface area contributed by atoms with Crippen molar-refractivity contribution >= 4 is 22.4 Å². The molecule has 0 saturated heterocycles. The van der Waals surface area contributed by atoms with Crippen molar-refractivity contribution in [1.29, 1.82) is 0 Å². The van der Waals surface area contributed by atoms with Crippen molar-refractivity contribution in [2.45, 2.75) is 6.42 Å². The summed E-state index contributed by atoms with van der Waals surface area (Å²) in [6, 6.07) is 14.2. The van der Waals surface area contributed by atoms with Crippen LogP contribution in [0.5, 0.6) is 5.75 Å². The molecule has 0 fully saturated rings. The zero-order valence-electron chi connectivity index (χ0n) is 10.3. The zero-order chi connectivity index (χ0) is 12.7. The molecule has 0 radical (unpaired) electrons. The van der Waals surface area contributed by atoms with E-state index in [-0.39, 0.29) is 0 Å². The van der Waals surface area contributed by atoms with E-state index in [1.54, 1.807) is 0 Å². The molecule has 2 heterocycles. The van der Waals surface area contributed by atoms with Crippen LogP contribution in [-0.4, -0.2) is 16.8 Å². The van der Waals surface area contributed by atoms with Crippen molar-refractivity contribution in [3.8, 4) is 5.75 Å². The fourth-order valence-corrected chi connectivity index (χ4v) is 2.50. The van der Waals surface area contributed by atoms with Crippen molar-refractivity contribution in [1.82, 2.24) is 10.2 Å². The van der Waals surface area contributed by atoms with Crippen LogP contribution in [0.25, 0.3) is 10.9 Å². The molecule has 0 unspecified atom stereocenters. The van der Waals surface area contributed by atoms with Crippen molar-refractivity contribution in [2.75, 3.05) is 11.9 Å². The fourth-order valence-electron chi connectivity index (χ4n) is 2.50. The lowest BCUT2D eigenvalue weighted by atomic mass is 10.1. The van der Waals surface area contributed by atoms with E-state index >= 15 is 0 Å². The van der Waals surface area contributed by atoms with Crippen LogP contribution in [0, 0.1) is 0 Å². The molecule has 0 bridgehead atoms. The van der Waals surface area contributed by atoms with Gasteiger partial charge in [-0.25, -0.2) is 0 Å². The highest BCUT2D eigenvalue weighted by Crippen LogP contribution is 2.36. The molecular weight excluding hydrogens is 238 g/mol. The Morgan fingerprint density at radius 3 is 3.05 bits per heavy atom. The Morgan fingerprint density at radius 2 is 2.05 bits per heavy atom. The third kappa shape index (κ3) is 1.64. The second-order valence-corrected chi connectivity index (χ2v) is 4.64. The van der Waals surface area contributed by atoms with E-state index in [9.17, 15) is 0 Å². The summed E-state index contributed by atoms with van der Waals surface area (Å²) in [5.41, 5.74) is 3.26. The van der Waals surface area contributed by atoms with Crippen LogP contribution >= 0.6 is 0 Å². The van der Waals surface area contributed by atoms with Crippen molar-refractivity contribution in [2.24, 2.45) is 0 Å². The molecule has 0 spiro atoms. The van der Waals surface area contributed by atoms with Gasteiger partial charge in [0.15, 0.2) is 5.82 Å². The lowest BCUT2D eigenvalue weighted by Crippen LogP contribution is -1.95. The Kier molecular flexibility index (Phi) is 2.21. The van der Waals surface area contributed by atoms with Gasteiger partial charge in [0, 0.05) is 11.8 Å². The second-order valence-electron chi connectivity index (χ2n) is 4.64. The van der Waals surface area contributed by atoms with E-state index in [1.807, 2.05) is 36.4 Å². The van der Waals surface area contributed by atoms with Crippen LogP contribution in [0.1, 0.15) is 5.56 Å². The van der Waals surface area contributed by atoms with Gasteiger partial charge in [0.1, 0.15) is 5.75 Å². The summed E-state index contributed by atoms with van der Waals surface area (Å²) >= 11 is 0. The number of aromatic nitrogens is 2. The van der Waals surface area contributed by atoms with E-state index in [1.165, 1.54) is 5.56 Å². The Labute approximate surface area is 110 Å². The minimum Gasteiger partial charge on any atom is -0.491 e. The largest absolute Gasteiger partial charge is 0.491 e. The minimum atomic E-state index is 0.759. The molecule has 0 atom stereocenters. The lowest BCUT2D eigenvalue weighted by Gasteiger charge is -2.08. The first kappa shape index (κ1) is 10.4. The van der Waals surface area contributed by atoms with Crippen LogP contribution in [0.3, 0.4) is 0 Å². The maximum Gasteiger partial charge on any atom is 0.160 e. The summed E-state index contributed by atoms with van der Waals surface area (Å²) in [7, 11) is 0. The van der Waals surface area contributed by atoms with Crippen LogP contribution in [-0.2, 0) is 6.42 Å². The number of nitrogens with zero attached hydrogens (tertiary/aromatic N) is 1. The number of nitrogens with one attached hydrogen (secondary N) is 2. The number of ether oxygens (including phenoxy) is 1. The van der Waals surface area contributed by atoms with Crippen molar-refractivity contribution < 1.29 is 4.74 Å². The molecule has 2 N–H and O–H groups in total. The van der Waals surface area contributed by atoms with Gasteiger partial charge < -0.3 is 10.1 Å². The molecule has 0 amide bonds. The van der Waals surface area contributed by atoms with E-state index in [0.717, 1.165) is 41.2 Å². The predicted molar refractivity (Wildman–Crippen MR) is 75.0 cm³/mol. The van der Waals surface area contributed by atoms with Crippen molar-refractivity contribution in [3.05, 3.63) is 48.0 Å². The first-order valence-electron chi connectivity index (χ1n) is 6.36. The molecule has 0 aliphatic carbocycles. The average molecular weight is 251 g/mol. The summed E-state index contributed by atoms with van der Waals surface area (Å²) in [6.45, 7) is 0.759. The number of hydrogen-bond donors (Lipinski definition) is 2. The number of benzene rings is 2. The van der Waals surface area contributed by atoms with Crippen molar-refractivity contribution in [3.63, 3.8) is 0 Å². The van der Waals surface area contributed by atoms with Crippen LogP contribution in [0.15, 0.2) is 42.5 Å². The van der Waals surface area contributed by atoms with Gasteiger partial charge in [0.05, 0.1) is 17.8 Å². The van der Waals surface area contributed by atoms with Gasteiger partial charge in [-0.15, -0.1) is 0 Å². The van der Waals surface area contributed by atoms with Crippen LogP contribution < -0.4 is 10.1 Å². The zero-order valence-corrected chi connectivity index (χ0v) is 10.3. The second kappa shape index (κ2) is 4.02. The minimum absolute atomic E-state index is 0.759. The van der Waals surface area contributed by atoms with E-state index in [4.69, 9.17) is 4.74 Å². The van der Waals surface area contributed by atoms with Gasteiger partial charge in [0.25, 0.3) is 0 Å². The number of fused-ring (bicyclic) bond motifs is 2. The average Bonchev–Trinajstić information content (AvgIpc) is 3.06. The van der Waals surface area contributed by atoms with E-state index in [0.29, 0.717) is 0 Å². The highest BCUT2D eigenvalue weighted by molar-refractivity contribution is 5.91. The molecule has 94 valence electrons. The monoisotopic (exact) mass is 251 g/mol. The van der Waals surface area contributed by atoms with E-state index in [2.05, 4.69) is 21.6 Å². The molecule has 1 aromatic heterocycles. The molecule has 4 rings (SSSR count). The quantitative estimate of drug-likeness (QED) is 0.735. The standard InChI is InChI=1S/C15H13N3O/c1-2-6-12-11(5-1)15(18-17-12)16-13-7-3-4-10-8-9-19-14(10)13/h1-7H,8-9H2,(H2,16,17,18). The molecule has 1 aliphatic rings. The summed E-state index contributed by atoms with van der Waals surface area (Å²) in [5, 5.41) is 11.8. The smallest absolute Gasteiger partial charge is 0.160 e. The predicted octanol–water partition coefficient (Wildman–Crippen LogP) is 3.24. The fraction of sp³-hybridized carbons (Fsp3) is 0.133. The number of hydrogen-bond acceptors (Lipinski definition) is 3. The number of anilines is 2. The van der Waals surface area contributed by atoms with Gasteiger partial charge in [-0.2, -0.15) is 5.10 Å². The Hall–Kier alpha value is -2.49. The van der Waals surface area contributed by atoms with Crippen LogP contribution in [0.2, 0.25) is 0 Å². The molecule has 4 heteroatoms. The van der Waals surface area contributed by atoms with E-state index < -0.39 is 0 Å².